The van der Waals surface area contributed by atoms with Crippen molar-refractivity contribution in [2.45, 2.75) is 67.9 Å². The number of aryl methyl sites for hydroxylation is 1. The van der Waals surface area contributed by atoms with Gasteiger partial charge in [0.2, 0.25) is 0 Å². The molecule has 2 rings (SSSR count). The van der Waals surface area contributed by atoms with Crippen LogP contribution in [0.3, 0.4) is 0 Å². The van der Waals surface area contributed by atoms with Crippen LogP contribution in [0.2, 0.25) is 0 Å². The van der Waals surface area contributed by atoms with Crippen molar-refractivity contribution < 1.29 is 5.11 Å². The number of likely N-dealkylation sites (tertiary alicyclic amines) is 1. The molecule has 0 amide bonds. The van der Waals surface area contributed by atoms with E-state index >= 15 is 0 Å². The largest absolute Gasteiger partial charge is 0.508 e. The van der Waals surface area contributed by atoms with Gasteiger partial charge in [0, 0.05) is 6.54 Å². The highest BCUT2D eigenvalue weighted by Gasteiger charge is 2.51. The number of aromatic hydroxyl groups is 1. The van der Waals surface area contributed by atoms with E-state index in [1.165, 1.54) is 18.4 Å². The van der Waals surface area contributed by atoms with Crippen LogP contribution in [0.25, 0.3) is 0 Å². The maximum Gasteiger partial charge on any atom is 0.116 e. The second-order valence-electron chi connectivity index (χ2n) is 9.54. The molecule has 2 heteroatoms. The summed E-state index contributed by atoms with van der Waals surface area (Å²) < 4.78 is 0. The molecule has 1 aliphatic rings. The van der Waals surface area contributed by atoms with Crippen molar-refractivity contribution in [3.05, 3.63) is 29.3 Å². The fraction of sp³-hybridized carbons (Fsp3) is 0.714. The van der Waals surface area contributed by atoms with Crippen LogP contribution < -0.4 is 0 Å². The first kappa shape index (κ1) is 18.3. The number of nitrogens with zero attached hydrogens (tertiary/aromatic N) is 1. The summed E-state index contributed by atoms with van der Waals surface area (Å²) in [5.41, 5.74) is 3.38. The van der Waals surface area contributed by atoms with Crippen LogP contribution in [0.4, 0.5) is 0 Å². The molecule has 2 nitrogen and oxygen atoms in total. The number of hydrogen-bond donors (Lipinski definition) is 1. The summed E-state index contributed by atoms with van der Waals surface area (Å²) in [6.07, 6.45) is 2.50. The summed E-state index contributed by atoms with van der Waals surface area (Å²) in [5, 5.41) is 9.80. The number of phenolic OH excluding ortho intramolecular Hbond substituents is 1. The third kappa shape index (κ3) is 3.74. The van der Waals surface area contributed by atoms with Gasteiger partial charge in [0.1, 0.15) is 5.75 Å². The Balaban J connectivity index is 2.10. The number of benzene rings is 1. The lowest BCUT2D eigenvalue weighted by molar-refractivity contribution is -0.0828. The highest BCUT2D eigenvalue weighted by molar-refractivity contribution is 5.32. The molecule has 0 aliphatic carbocycles. The van der Waals surface area contributed by atoms with Gasteiger partial charge in [0.25, 0.3) is 0 Å². The smallest absolute Gasteiger partial charge is 0.116 e. The monoisotopic (exact) mass is 317 g/mol. The van der Waals surface area contributed by atoms with Crippen molar-refractivity contribution in [1.82, 2.24) is 4.90 Å². The van der Waals surface area contributed by atoms with Gasteiger partial charge in [-0.15, -0.1) is 0 Å². The number of hydrogen-bond acceptors (Lipinski definition) is 2. The van der Waals surface area contributed by atoms with Crippen LogP contribution in [0.15, 0.2) is 18.2 Å². The maximum absolute atomic E-state index is 9.80. The molecule has 1 aromatic carbocycles. The van der Waals surface area contributed by atoms with Gasteiger partial charge in [-0.1, -0.05) is 47.6 Å². The third-order valence-electron chi connectivity index (χ3n) is 6.11. The molecule has 0 spiro atoms. The van der Waals surface area contributed by atoms with Crippen LogP contribution in [0.5, 0.6) is 5.75 Å². The van der Waals surface area contributed by atoms with Gasteiger partial charge in [-0.25, -0.2) is 0 Å². The highest BCUT2D eigenvalue weighted by atomic mass is 16.3. The fourth-order valence-electron chi connectivity index (χ4n) is 4.91. The Morgan fingerprint density at radius 2 is 1.48 bits per heavy atom. The highest BCUT2D eigenvalue weighted by Crippen LogP contribution is 2.57. The second-order valence-corrected chi connectivity index (χ2v) is 9.54. The maximum atomic E-state index is 9.80. The minimum atomic E-state index is 0.318. The Hall–Kier alpha value is -1.02. The van der Waals surface area contributed by atoms with Gasteiger partial charge in [-0.05, 0) is 72.4 Å². The van der Waals surface area contributed by atoms with E-state index in [9.17, 15) is 5.11 Å². The molecule has 0 saturated carbocycles. The molecule has 130 valence electrons. The van der Waals surface area contributed by atoms with Crippen molar-refractivity contribution in [2.75, 3.05) is 13.1 Å². The number of rotatable bonds is 2. The Morgan fingerprint density at radius 1 is 0.957 bits per heavy atom. The van der Waals surface area contributed by atoms with Crippen molar-refractivity contribution in [2.24, 2.45) is 16.2 Å². The Bertz CT molecular complexity index is 504. The van der Waals surface area contributed by atoms with Gasteiger partial charge < -0.3 is 5.11 Å². The molecule has 1 saturated heterocycles. The van der Waals surface area contributed by atoms with Crippen LogP contribution in [-0.2, 0) is 6.54 Å². The van der Waals surface area contributed by atoms with Crippen molar-refractivity contribution >= 4 is 0 Å². The number of phenols is 1. The second kappa shape index (κ2) is 6.12. The first-order chi connectivity index (χ1) is 10.4. The lowest BCUT2D eigenvalue weighted by Crippen LogP contribution is -2.53. The van der Waals surface area contributed by atoms with E-state index in [1.54, 1.807) is 0 Å². The number of piperidine rings is 1. The Labute approximate surface area is 142 Å². The van der Waals surface area contributed by atoms with Gasteiger partial charge >= 0.3 is 0 Å². The van der Waals surface area contributed by atoms with Crippen molar-refractivity contribution in [1.29, 1.82) is 0 Å². The molecule has 23 heavy (non-hydrogen) atoms. The van der Waals surface area contributed by atoms with E-state index in [-0.39, 0.29) is 0 Å². The molecule has 1 aliphatic heterocycles. The molecule has 0 radical (unpaired) electrons. The fourth-order valence-corrected chi connectivity index (χ4v) is 4.91. The SMILES string of the molecule is Cc1cc(O)cc(CN2CCC(C(C)(C)C)(C(C)(C)C)CC2)c1. The van der Waals surface area contributed by atoms with Gasteiger partial charge in [-0.2, -0.15) is 0 Å². The van der Waals surface area contributed by atoms with E-state index in [4.69, 9.17) is 0 Å². The predicted octanol–water partition coefficient (Wildman–Crippen LogP) is 5.38. The van der Waals surface area contributed by atoms with E-state index in [0.29, 0.717) is 22.0 Å². The first-order valence-electron chi connectivity index (χ1n) is 8.97. The predicted molar refractivity (Wildman–Crippen MR) is 98.7 cm³/mol. The zero-order chi connectivity index (χ0) is 17.5. The van der Waals surface area contributed by atoms with E-state index in [2.05, 4.69) is 52.5 Å². The normalized spacial score (nSPS) is 19.8. The van der Waals surface area contributed by atoms with Gasteiger partial charge in [0.05, 0.1) is 0 Å². The van der Waals surface area contributed by atoms with Gasteiger partial charge in [-0.3, -0.25) is 4.90 Å². The van der Waals surface area contributed by atoms with Crippen molar-refractivity contribution in [3.63, 3.8) is 0 Å². The Kier molecular flexibility index (Phi) is 4.88. The summed E-state index contributed by atoms with van der Waals surface area (Å²) in [6.45, 7) is 19.7. The molecule has 0 aromatic heterocycles. The lowest BCUT2D eigenvalue weighted by Gasteiger charge is -2.57. The van der Waals surface area contributed by atoms with Gasteiger partial charge in [0.15, 0.2) is 0 Å². The molecule has 0 unspecified atom stereocenters. The quantitative estimate of drug-likeness (QED) is 0.792. The summed E-state index contributed by atoms with van der Waals surface area (Å²) >= 11 is 0. The molecule has 0 bridgehead atoms. The molecule has 1 fully saturated rings. The molecule has 1 aromatic rings. The third-order valence-corrected chi connectivity index (χ3v) is 6.11. The summed E-state index contributed by atoms with van der Waals surface area (Å²) in [7, 11) is 0. The average molecular weight is 318 g/mol. The molecule has 0 atom stereocenters. The van der Waals surface area contributed by atoms with Crippen molar-refractivity contribution in [3.8, 4) is 5.75 Å². The van der Waals surface area contributed by atoms with Crippen LogP contribution in [0.1, 0.15) is 65.5 Å². The average Bonchev–Trinajstić information content (AvgIpc) is 2.35. The Morgan fingerprint density at radius 3 is 1.91 bits per heavy atom. The summed E-state index contributed by atoms with van der Waals surface area (Å²) in [6, 6.07) is 5.92. The lowest BCUT2D eigenvalue weighted by atomic mass is 9.50. The zero-order valence-electron chi connectivity index (χ0n) is 16.2. The summed E-state index contributed by atoms with van der Waals surface area (Å²) in [5.74, 6) is 0.385. The van der Waals surface area contributed by atoms with Crippen LogP contribution in [-0.4, -0.2) is 23.1 Å². The first-order valence-corrected chi connectivity index (χ1v) is 8.97. The summed E-state index contributed by atoms with van der Waals surface area (Å²) in [4.78, 5) is 2.55. The van der Waals surface area contributed by atoms with Crippen LogP contribution >= 0.6 is 0 Å². The minimum absolute atomic E-state index is 0.318. The van der Waals surface area contributed by atoms with E-state index in [0.717, 1.165) is 25.2 Å². The zero-order valence-corrected chi connectivity index (χ0v) is 16.2. The molecule has 1 N–H and O–H groups in total. The van der Waals surface area contributed by atoms with E-state index < -0.39 is 0 Å². The molecular formula is C21H35NO. The minimum Gasteiger partial charge on any atom is -0.508 e. The topological polar surface area (TPSA) is 23.5 Å². The van der Waals surface area contributed by atoms with E-state index in [1.807, 2.05) is 19.1 Å². The molecule has 1 heterocycles. The molecular weight excluding hydrogens is 282 g/mol. The van der Waals surface area contributed by atoms with Crippen LogP contribution in [0, 0.1) is 23.2 Å². The standard InChI is InChI=1S/C21H35NO/c1-16-12-17(14-18(23)13-16)15-22-10-8-21(9-11-22,19(2,3)4)20(5,6)7/h12-14,23H,8-11,15H2,1-7H3.